The first-order chi connectivity index (χ1) is 9.28. The van der Waals surface area contributed by atoms with E-state index in [0.29, 0.717) is 18.6 Å². The molecule has 0 radical (unpaired) electrons. The summed E-state index contributed by atoms with van der Waals surface area (Å²) in [7, 11) is 0. The van der Waals surface area contributed by atoms with E-state index in [0.717, 1.165) is 31.1 Å². The number of furan rings is 1. The quantitative estimate of drug-likeness (QED) is 0.856. The van der Waals surface area contributed by atoms with Crippen LogP contribution in [0.15, 0.2) is 16.5 Å². The van der Waals surface area contributed by atoms with Crippen LogP contribution < -0.4 is 0 Å². The highest BCUT2D eigenvalue weighted by molar-refractivity contribution is 5.17. The predicted octanol–water partition coefficient (Wildman–Crippen LogP) is 3.14. The second-order valence-electron chi connectivity index (χ2n) is 6.26. The Labute approximate surface area is 115 Å². The first-order valence-electron chi connectivity index (χ1n) is 7.71. The number of aliphatic hydroxyl groups is 1. The molecule has 19 heavy (non-hydrogen) atoms. The van der Waals surface area contributed by atoms with E-state index < -0.39 is 0 Å². The van der Waals surface area contributed by atoms with Crippen LogP contribution >= 0.6 is 0 Å². The molecule has 3 unspecified atom stereocenters. The van der Waals surface area contributed by atoms with E-state index in [2.05, 4.69) is 24.0 Å². The van der Waals surface area contributed by atoms with Crippen molar-refractivity contribution in [2.45, 2.75) is 57.5 Å². The third kappa shape index (κ3) is 3.03. The average molecular weight is 263 g/mol. The molecule has 1 aliphatic carbocycles. The molecule has 106 valence electrons. The number of hydrogen-bond donors (Lipinski definition) is 1. The first-order valence-corrected chi connectivity index (χ1v) is 7.71. The van der Waals surface area contributed by atoms with Crippen LogP contribution in [0.2, 0.25) is 0 Å². The highest BCUT2D eigenvalue weighted by atomic mass is 16.3. The Kier molecular flexibility index (Phi) is 3.94. The minimum absolute atomic E-state index is 0.314. The molecule has 3 rings (SSSR count). The molecule has 1 saturated heterocycles. The molecule has 2 aliphatic rings. The molecule has 1 aromatic heterocycles. The predicted molar refractivity (Wildman–Crippen MR) is 75.0 cm³/mol. The van der Waals surface area contributed by atoms with Crippen molar-refractivity contribution in [2.24, 2.45) is 5.92 Å². The summed E-state index contributed by atoms with van der Waals surface area (Å²) < 4.78 is 6.00. The number of rotatable bonds is 6. The zero-order valence-corrected chi connectivity index (χ0v) is 11.8. The van der Waals surface area contributed by atoms with Crippen LogP contribution in [0.5, 0.6) is 0 Å². The Morgan fingerprint density at radius 2 is 2.26 bits per heavy atom. The van der Waals surface area contributed by atoms with Crippen LogP contribution in [0.3, 0.4) is 0 Å². The van der Waals surface area contributed by atoms with Gasteiger partial charge >= 0.3 is 0 Å². The molecule has 2 heterocycles. The maximum atomic E-state index is 8.96. The maximum absolute atomic E-state index is 8.96. The summed E-state index contributed by atoms with van der Waals surface area (Å²) in [4.78, 5) is 2.52. The fraction of sp³-hybridized carbons (Fsp3) is 0.750. The van der Waals surface area contributed by atoms with Crippen molar-refractivity contribution >= 4 is 0 Å². The van der Waals surface area contributed by atoms with Gasteiger partial charge in [-0.05, 0) is 56.7 Å². The van der Waals surface area contributed by atoms with Gasteiger partial charge in [0.05, 0.1) is 6.54 Å². The maximum Gasteiger partial charge on any atom is 0.118 e. The Morgan fingerprint density at radius 1 is 1.42 bits per heavy atom. The van der Waals surface area contributed by atoms with Crippen LogP contribution in [0, 0.1) is 5.92 Å². The summed E-state index contributed by atoms with van der Waals surface area (Å²) in [6, 6.07) is 4.96. The number of aliphatic hydroxyl groups excluding tert-OH is 1. The van der Waals surface area contributed by atoms with E-state index in [1.165, 1.54) is 31.6 Å². The molecule has 0 bridgehead atoms. The van der Waals surface area contributed by atoms with E-state index in [4.69, 9.17) is 9.52 Å². The topological polar surface area (TPSA) is 36.6 Å². The third-order valence-corrected chi connectivity index (χ3v) is 4.71. The molecule has 2 fully saturated rings. The first kappa shape index (κ1) is 13.2. The van der Waals surface area contributed by atoms with E-state index in [9.17, 15) is 0 Å². The van der Waals surface area contributed by atoms with E-state index in [1.54, 1.807) is 0 Å². The van der Waals surface area contributed by atoms with Gasteiger partial charge in [0.15, 0.2) is 0 Å². The fourth-order valence-corrected chi connectivity index (χ4v) is 3.35. The van der Waals surface area contributed by atoms with Gasteiger partial charge in [-0.1, -0.05) is 6.92 Å². The van der Waals surface area contributed by atoms with Crippen LogP contribution in [-0.4, -0.2) is 29.2 Å². The molecular weight excluding hydrogens is 238 g/mol. The number of hydrogen-bond acceptors (Lipinski definition) is 3. The van der Waals surface area contributed by atoms with Gasteiger partial charge in [0.1, 0.15) is 11.5 Å². The van der Waals surface area contributed by atoms with Gasteiger partial charge in [0.2, 0.25) is 0 Å². The third-order valence-electron chi connectivity index (χ3n) is 4.71. The molecule has 1 aromatic rings. The summed E-state index contributed by atoms with van der Waals surface area (Å²) in [5.41, 5.74) is 0. The van der Waals surface area contributed by atoms with Gasteiger partial charge in [-0.15, -0.1) is 0 Å². The molecule has 3 atom stereocenters. The summed E-state index contributed by atoms with van der Waals surface area (Å²) in [5, 5.41) is 8.96. The standard InChI is InChI=1S/C16H25NO2/c1-12-10-15(12)16-7-6-14(19-16)11-17-8-2-4-13(17)5-3-9-18/h6-7,12-13,15,18H,2-5,8-11H2,1H3. The largest absolute Gasteiger partial charge is 0.464 e. The van der Waals surface area contributed by atoms with Crippen molar-refractivity contribution in [3.63, 3.8) is 0 Å². The lowest BCUT2D eigenvalue weighted by Crippen LogP contribution is -2.28. The van der Waals surface area contributed by atoms with Crippen molar-refractivity contribution < 1.29 is 9.52 Å². The highest BCUT2D eigenvalue weighted by Crippen LogP contribution is 2.47. The highest BCUT2D eigenvalue weighted by Gasteiger charge is 2.36. The molecule has 1 N–H and O–H groups in total. The Morgan fingerprint density at radius 3 is 3.00 bits per heavy atom. The lowest BCUT2D eigenvalue weighted by molar-refractivity contribution is 0.197. The lowest BCUT2D eigenvalue weighted by Gasteiger charge is -2.23. The van der Waals surface area contributed by atoms with Gasteiger partial charge in [0.25, 0.3) is 0 Å². The van der Waals surface area contributed by atoms with Crippen molar-refractivity contribution in [1.29, 1.82) is 0 Å². The molecule has 1 saturated carbocycles. The monoisotopic (exact) mass is 263 g/mol. The SMILES string of the molecule is CC1CC1c1ccc(CN2CCCC2CCCO)o1. The zero-order valence-electron chi connectivity index (χ0n) is 11.8. The van der Waals surface area contributed by atoms with Gasteiger partial charge in [-0.25, -0.2) is 0 Å². The molecule has 0 aromatic carbocycles. The van der Waals surface area contributed by atoms with Crippen molar-refractivity contribution in [3.05, 3.63) is 23.7 Å². The second-order valence-corrected chi connectivity index (χ2v) is 6.26. The fourth-order valence-electron chi connectivity index (χ4n) is 3.35. The summed E-state index contributed by atoms with van der Waals surface area (Å²) in [6.07, 6.45) is 5.88. The molecular formula is C16H25NO2. The second kappa shape index (κ2) is 5.68. The van der Waals surface area contributed by atoms with Crippen LogP contribution in [-0.2, 0) is 6.54 Å². The summed E-state index contributed by atoms with van der Waals surface area (Å²) in [6.45, 7) is 4.72. The van der Waals surface area contributed by atoms with Gasteiger partial charge in [0, 0.05) is 18.6 Å². The normalized spacial score (nSPS) is 30.9. The Balaban J connectivity index is 1.56. The van der Waals surface area contributed by atoms with E-state index in [-0.39, 0.29) is 0 Å². The molecule has 3 nitrogen and oxygen atoms in total. The lowest BCUT2D eigenvalue weighted by atomic mass is 10.1. The van der Waals surface area contributed by atoms with E-state index >= 15 is 0 Å². The van der Waals surface area contributed by atoms with E-state index in [1.807, 2.05) is 0 Å². The number of nitrogens with zero attached hydrogens (tertiary/aromatic N) is 1. The van der Waals surface area contributed by atoms with Crippen molar-refractivity contribution in [1.82, 2.24) is 4.90 Å². The van der Waals surface area contributed by atoms with Crippen molar-refractivity contribution in [3.8, 4) is 0 Å². The Bertz CT molecular complexity index is 415. The van der Waals surface area contributed by atoms with Gasteiger partial charge in [-0.2, -0.15) is 0 Å². The van der Waals surface area contributed by atoms with Gasteiger partial charge < -0.3 is 9.52 Å². The van der Waals surface area contributed by atoms with Crippen LogP contribution in [0.1, 0.15) is 56.5 Å². The minimum atomic E-state index is 0.314. The summed E-state index contributed by atoms with van der Waals surface area (Å²) in [5.74, 6) is 3.79. The number of likely N-dealkylation sites (tertiary alicyclic amines) is 1. The van der Waals surface area contributed by atoms with Crippen LogP contribution in [0.4, 0.5) is 0 Å². The molecule has 0 spiro atoms. The molecule has 3 heteroatoms. The minimum Gasteiger partial charge on any atom is -0.464 e. The smallest absolute Gasteiger partial charge is 0.118 e. The summed E-state index contributed by atoms with van der Waals surface area (Å²) >= 11 is 0. The average Bonchev–Trinajstić information content (AvgIpc) is 2.82. The Hall–Kier alpha value is -0.800. The van der Waals surface area contributed by atoms with Crippen LogP contribution in [0.25, 0.3) is 0 Å². The van der Waals surface area contributed by atoms with Gasteiger partial charge in [-0.3, -0.25) is 4.90 Å². The van der Waals surface area contributed by atoms with Crippen molar-refractivity contribution in [2.75, 3.05) is 13.2 Å². The molecule has 1 aliphatic heterocycles. The zero-order chi connectivity index (χ0) is 13.2. The molecule has 0 amide bonds.